The van der Waals surface area contributed by atoms with Crippen LogP contribution in [-0.4, -0.2) is 54.7 Å². The number of nitrogens with one attached hydrogen (secondary N) is 1. The maximum Gasteiger partial charge on any atom is 0.322 e. The first kappa shape index (κ1) is 17.4. The van der Waals surface area contributed by atoms with Gasteiger partial charge in [-0.05, 0) is 36.9 Å². The molecule has 1 saturated heterocycles. The van der Waals surface area contributed by atoms with Gasteiger partial charge in [-0.2, -0.15) is 0 Å². The van der Waals surface area contributed by atoms with Crippen LogP contribution < -0.4 is 5.32 Å². The molecule has 126 valence electrons. The molecule has 0 aromatic heterocycles. The summed E-state index contributed by atoms with van der Waals surface area (Å²) in [4.78, 5) is 23.7. The number of fused-ring (bicyclic) bond motifs is 1. The Kier molecular flexibility index (Phi) is 6.55. The van der Waals surface area contributed by atoms with E-state index >= 15 is 0 Å². The number of rotatable bonds is 2. The van der Waals surface area contributed by atoms with Crippen molar-refractivity contribution in [2.24, 2.45) is 0 Å². The van der Waals surface area contributed by atoms with Crippen molar-refractivity contribution in [2.45, 2.75) is 31.8 Å². The number of nitrogens with zero attached hydrogens (tertiary/aromatic N) is 1. The van der Waals surface area contributed by atoms with E-state index in [-0.39, 0.29) is 24.5 Å². The Bertz CT molecular complexity index is 541. The fourth-order valence-corrected chi connectivity index (χ4v) is 2.84. The van der Waals surface area contributed by atoms with Gasteiger partial charge in [-0.3, -0.25) is 9.59 Å². The van der Waals surface area contributed by atoms with Crippen LogP contribution in [0.5, 0.6) is 0 Å². The molecule has 2 heterocycles. The first-order chi connectivity index (χ1) is 11.2. The molecule has 2 N–H and O–H groups in total. The number of benzene rings is 1. The van der Waals surface area contributed by atoms with Crippen LogP contribution >= 0.6 is 0 Å². The van der Waals surface area contributed by atoms with Gasteiger partial charge in [-0.1, -0.05) is 24.3 Å². The van der Waals surface area contributed by atoms with Gasteiger partial charge < -0.3 is 20.1 Å². The number of esters is 1. The normalized spacial score (nSPS) is 19.4. The predicted molar refractivity (Wildman–Crippen MR) is 85.7 cm³/mol. The van der Waals surface area contributed by atoms with Crippen LogP contribution in [0, 0.1) is 0 Å². The zero-order valence-electron chi connectivity index (χ0n) is 13.5. The molecule has 0 bridgehead atoms. The monoisotopic (exact) mass is 320 g/mol. The number of carbonyl (C=O) groups excluding carboxylic acids is 2. The highest BCUT2D eigenvalue weighted by Crippen LogP contribution is 2.18. The summed E-state index contributed by atoms with van der Waals surface area (Å²) >= 11 is 0. The van der Waals surface area contributed by atoms with Crippen molar-refractivity contribution in [3.05, 3.63) is 35.4 Å². The quantitative estimate of drug-likeness (QED) is 0.775. The van der Waals surface area contributed by atoms with Gasteiger partial charge >= 0.3 is 5.97 Å². The molecular formula is C17H24N2O4. The molecule has 1 atom stereocenters. The third kappa shape index (κ3) is 4.77. The molecule has 2 aliphatic rings. The SMILES string of the molecule is COC(=O)C1CCCN1.O=C(CO)N1CCc2ccccc2C1. The van der Waals surface area contributed by atoms with E-state index in [0.29, 0.717) is 6.54 Å². The number of carbonyl (C=O) groups is 2. The Morgan fingerprint density at radius 3 is 2.70 bits per heavy atom. The lowest BCUT2D eigenvalue weighted by molar-refractivity contribution is -0.142. The van der Waals surface area contributed by atoms with Crippen LogP contribution in [0.3, 0.4) is 0 Å². The lowest BCUT2D eigenvalue weighted by Gasteiger charge is -2.28. The van der Waals surface area contributed by atoms with Crippen LogP contribution in [0.25, 0.3) is 0 Å². The highest BCUT2D eigenvalue weighted by atomic mass is 16.5. The summed E-state index contributed by atoms with van der Waals surface area (Å²) < 4.78 is 4.53. The van der Waals surface area contributed by atoms with Crippen molar-refractivity contribution in [2.75, 3.05) is 26.8 Å². The lowest BCUT2D eigenvalue weighted by atomic mass is 10.00. The minimum Gasteiger partial charge on any atom is -0.468 e. The van der Waals surface area contributed by atoms with Crippen molar-refractivity contribution < 1.29 is 19.4 Å². The minimum atomic E-state index is -0.387. The molecule has 1 unspecified atom stereocenters. The number of hydrogen-bond acceptors (Lipinski definition) is 5. The van der Waals surface area contributed by atoms with Gasteiger partial charge in [0.25, 0.3) is 0 Å². The van der Waals surface area contributed by atoms with E-state index in [9.17, 15) is 9.59 Å². The number of aliphatic hydroxyl groups is 1. The molecule has 1 amide bonds. The second-order valence-electron chi connectivity index (χ2n) is 5.66. The molecule has 2 aliphatic heterocycles. The Hall–Kier alpha value is -1.92. The molecule has 6 nitrogen and oxygen atoms in total. The van der Waals surface area contributed by atoms with Crippen molar-refractivity contribution in [1.82, 2.24) is 10.2 Å². The fraction of sp³-hybridized carbons (Fsp3) is 0.529. The molecule has 0 saturated carbocycles. The summed E-state index contributed by atoms with van der Waals surface area (Å²) in [7, 11) is 1.42. The van der Waals surface area contributed by atoms with E-state index in [4.69, 9.17) is 5.11 Å². The van der Waals surface area contributed by atoms with E-state index < -0.39 is 0 Å². The first-order valence-electron chi connectivity index (χ1n) is 7.92. The molecule has 23 heavy (non-hydrogen) atoms. The van der Waals surface area contributed by atoms with Gasteiger partial charge in [0.05, 0.1) is 7.11 Å². The van der Waals surface area contributed by atoms with Gasteiger partial charge in [0.1, 0.15) is 12.6 Å². The summed E-state index contributed by atoms with van der Waals surface area (Å²) in [5, 5.41) is 11.8. The Morgan fingerprint density at radius 1 is 1.35 bits per heavy atom. The van der Waals surface area contributed by atoms with E-state index in [1.54, 1.807) is 4.90 Å². The van der Waals surface area contributed by atoms with Gasteiger partial charge in [0, 0.05) is 13.1 Å². The second kappa shape index (κ2) is 8.64. The Labute approximate surface area is 136 Å². The van der Waals surface area contributed by atoms with Gasteiger partial charge in [0.2, 0.25) is 5.91 Å². The number of ether oxygens (including phenoxy) is 1. The minimum absolute atomic E-state index is 0.0324. The van der Waals surface area contributed by atoms with Crippen molar-refractivity contribution in [3.8, 4) is 0 Å². The Morgan fingerprint density at radius 2 is 2.09 bits per heavy atom. The summed E-state index contributed by atoms with van der Waals surface area (Å²) in [5.41, 5.74) is 2.51. The van der Waals surface area contributed by atoms with Crippen LogP contribution in [0.1, 0.15) is 24.0 Å². The van der Waals surface area contributed by atoms with E-state index in [1.807, 2.05) is 18.2 Å². The summed E-state index contributed by atoms with van der Waals surface area (Å²) in [5.74, 6) is -0.313. The molecular weight excluding hydrogens is 296 g/mol. The largest absolute Gasteiger partial charge is 0.468 e. The smallest absolute Gasteiger partial charge is 0.322 e. The van der Waals surface area contributed by atoms with E-state index in [2.05, 4.69) is 16.1 Å². The van der Waals surface area contributed by atoms with E-state index in [0.717, 1.165) is 32.4 Å². The average molecular weight is 320 g/mol. The molecule has 0 aliphatic carbocycles. The molecule has 0 spiro atoms. The first-order valence-corrected chi connectivity index (χ1v) is 7.92. The maximum absolute atomic E-state index is 11.3. The number of amides is 1. The van der Waals surface area contributed by atoms with E-state index in [1.165, 1.54) is 18.2 Å². The molecule has 3 rings (SSSR count). The van der Waals surface area contributed by atoms with Gasteiger partial charge in [0.15, 0.2) is 0 Å². The summed E-state index contributed by atoms with van der Waals surface area (Å²) in [6.07, 6.45) is 2.90. The van der Waals surface area contributed by atoms with Crippen molar-refractivity contribution in [1.29, 1.82) is 0 Å². The highest BCUT2D eigenvalue weighted by molar-refractivity contribution is 5.77. The summed E-state index contributed by atoms with van der Waals surface area (Å²) in [6, 6.07) is 8.09. The van der Waals surface area contributed by atoms with Gasteiger partial charge in [-0.15, -0.1) is 0 Å². The molecule has 1 aromatic rings. The van der Waals surface area contributed by atoms with Crippen molar-refractivity contribution in [3.63, 3.8) is 0 Å². The van der Waals surface area contributed by atoms with Crippen LogP contribution in [0.4, 0.5) is 0 Å². The maximum atomic E-state index is 11.3. The average Bonchev–Trinajstić information content (AvgIpc) is 3.15. The molecule has 1 aromatic carbocycles. The van der Waals surface area contributed by atoms with Crippen LogP contribution in [0.15, 0.2) is 24.3 Å². The fourth-order valence-electron chi connectivity index (χ4n) is 2.84. The molecule has 1 fully saturated rings. The highest BCUT2D eigenvalue weighted by Gasteiger charge is 2.22. The predicted octanol–water partition coefficient (Wildman–Crippen LogP) is 0.475. The number of hydrogen-bond donors (Lipinski definition) is 2. The summed E-state index contributed by atoms with van der Waals surface area (Å²) in [6.45, 7) is 1.91. The molecule has 0 radical (unpaired) electrons. The lowest BCUT2D eigenvalue weighted by Crippen LogP contribution is -2.37. The van der Waals surface area contributed by atoms with Crippen LogP contribution in [-0.2, 0) is 27.3 Å². The number of aliphatic hydroxyl groups excluding tert-OH is 1. The molecule has 6 heteroatoms. The third-order valence-corrected chi connectivity index (χ3v) is 4.16. The van der Waals surface area contributed by atoms with Crippen molar-refractivity contribution >= 4 is 11.9 Å². The zero-order valence-corrected chi connectivity index (χ0v) is 13.5. The third-order valence-electron chi connectivity index (χ3n) is 4.16. The standard InChI is InChI=1S/C11H13NO2.C6H11NO2/c13-8-11(14)12-6-5-9-3-1-2-4-10(9)7-12;1-9-6(8)5-3-2-4-7-5/h1-4,13H,5-8H2;5,7H,2-4H2,1H3. The topological polar surface area (TPSA) is 78.9 Å². The number of methoxy groups -OCH3 is 1. The second-order valence-corrected chi connectivity index (χ2v) is 5.66. The zero-order chi connectivity index (χ0) is 16.7. The Balaban J connectivity index is 0.000000185. The van der Waals surface area contributed by atoms with Crippen LogP contribution in [0.2, 0.25) is 0 Å². The van der Waals surface area contributed by atoms with Gasteiger partial charge in [-0.25, -0.2) is 0 Å².